The van der Waals surface area contributed by atoms with E-state index in [1.807, 2.05) is 0 Å². The first-order valence-electron chi connectivity index (χ1n) is 6.31. The highest BCUT2D eigenvalue weighted by molar-refractivity contribution is 5.70. The molecule has 1 aromatic carbocycles. The summed E-state index contributed by atoms with van der Waals surface area (Å²) in [5.74, 6) is -0.766. The van der Waals surface area contributed by atoms with Crippen molar-refractivity contribution in [2.24, 2.45) is 0 Å². The van der Waals surface area contributed by atoms with E-state index in [1.54, 1.807) is 24.3 Å². The molecule has 7 heteroatoms. The molecule has 21 heavy (non-hydrogen) atoms. The second-order valence-corrected chi connectivity index (χ2v) is 4.41. The summed E-state index contributed by atoms with van der Waals surface area (Å²) in [6.07, 6.45) is 0.186. The highest BCUT2D eigenvalue weighted by Crippen LogP contribution is 2.28. The van der Waals surface area contributed by atoms with Gasteiger partial charge in [0, 0.05) is 11.3 Å². The van der Waals surface area contributed by atoms with E-state index >= 15 is 0 Å². The number of ether oxygens (including phenoxy) is 2. The summed E-state index contributed by atoms with van der Waals surface area (Å²) in [4.78, 5) is 32.8. The van der Waals surface area contributed by atoms with Gasteiger partial charge in [-0.3, -0.25) is 14.9 Å². The second-order valence-electron chi connectivity index (χ2n) is 4.41. The molecule has 1 rings (SSSR count). The number of hydrogen-bond acceptors (Lipinski definition) is 6. The average molecular weight is 295 g/mol. The van der Waals surface area contributed by atoms with Crippen LogP contribution in [0.25, 0.3) is 0 Å². The van der Waals surface area contributed by atoms with Gasteiger partial charge in [0.15, 0.2) is 0 Å². The summed E-state index contributed by atoms with van der Waals surface area (Å²) in [5.41, 5.74) is 0.605. The quantitative estimate of drug-likeness (QED) is 0.313. The van der Waals surface area contributed by atoms with Crippen molar-refractivity contribution in [3.8, 4) is 5.75 Å². The smallest absolute Gasteiger partial charge is 0.312 e. The monoisotopic (exact) mass is 295 g/mol. The van der Waals surface area contributed by atoms with Crippen LogP contribution in [0.4, 0.5) is 0 Å². The number of carbonyl (C=O) groups excluding carboxylic acids is 2. The SMILES string of the molecule is COC(=O)C[C@H]([C@H](CC=O)c1ccc(OC)cc1)[N+](=O)[O-]. The molecule has 2 atom stereocenters. The normalized spacial score (nSPS) is 13.0. The molecule has 0 bridgehead atoms. The zero-order chi connectivity index (χ0) is 15.8. The molecule has 0 fully saturated rings. The van der Waals surface area contributed by atoms with Crippen LogP contribution in [-0.4, -0.2) is 37.4 Å². The summed E-state index contributed by atoms with van der Waals surface area (Å²) in [6, 6.07) is 5.41. The maximum absolute atomic E-state index is 11.3. The molecule has 0 amide bonds. The summed E-state index contributed by atoms with van der Waals surface area (Å²) < 4.78 is 9.50. The van der Waals surface area contributed by atoms with Crippen molar-refractivity contribution in [2.75, 3.05) is 14.2 Å². The Kier molecular flexibility index (Phi) is 6.32. The van der Waals surface area contributed by atoms with Crippen LogP contribution in [0.5, 0.6) is 5.75 Å². The highest BCUT2D eigenvalue weighted by Gasteiger charge is 2.35. The van der Waals surface area contributed by atoms with E-state index < -0.39 is 22.9 Å². The van der Waals surface area contributed by atoms with Crippen molar-refractivity contribution < 1.29 is 24.0 Å². The number of nitro groups is 1. The first-order valence-corrected chi connectivity index (χ1v) is 6.31. The molecule has 0 saturated heterocycles. The Hall–Kier alpha value is -2.44. The van der Waals surface area contributed by atoms with Crippen LogP contribution in [0.1, 0.15) is 24.3 Å². The molecule has 0 unspecified atom stereocenters. The van der Waals surface area contributed by atoms with Gasteiger partial charge in [-0.25, -0.2) is 0 Å². The summed E-state index contributed by atoms with van der Waals surface area (Å²) in [7, 11) is 2.68. The van der Waals surface area contributed by atoms with Gasteiger partial charge in [-0.2, -0.15) is 0 Å². The van der Waals surface area contributed by atoms with Gasteiger partial charge < -0.3 is 14.3 Å². The first kappa shape index (κ1) is 16.6. The van der Waals surface area contributed by atoms with Gasteiger partial charge in [0.2, 0.25) is 6.04 Å². The third-order valence-corrected chi connectivity index (χ3v) is 3.23. The molecular weight excluding hydrogens is 278 g/mol. The molecule has 0 saturated carbocycles. The Morgan fingerprint density at radius 2 is 1.95 bits per heavy atom. The van der Waals surface area contributed by atoms with E-state index in [1.165, 1.54) is 14.2 Å². The van der Waals surface area contributed by atoms with Gasteiger partial charge in [-0.05, 0) is 17.7 Å². The number of rotatable bonds is 8. The van der Waals surface area contributed by atoms with Gasteiger partial charge in [0.25, 0.3) is 0 Å². The Bertz CT molecular complexity index is 499. The van der Waals surface area contributed by atoms with Gasteiger partial charge in [-0.15, -0.1) is 0 Å². The molecule has 0 aliphatic carbocycles. The van der Waals surface area contributed by atoms with Crippen molar-refractivity contribution in [3.05, 3.63) is 39.9 Å². The van der Waals surface area contributed by atoms with Gasteiger partial charge in [0.05, 0.1) is 20.1 Å². The van der Waals surface area contributed by atoms with E-state index in [-0.39, 0.29) is 12.8 Å². The fraction of sp³-hybridized carbons (Fsp3) is 0.429. The predicted molar refractivity (Wildman–Crippen MR) is 73.8 cm³/mol. The number of esters is 1. The maximum atomic E-state index is 11.3. The second kappa shape index (κ2) is 7.98. The molecule has 0 aliphatic rings. The topological polar surface area (TPSA) is 95.7 Å². The molecule has 0 radical (unpaired) electrons. The van der Waals surface area contributed by atoms with E-state index in [0.717, 1.165) is 0 Å². The Morgan fingerprint density at radius 3 is 2.38 bits per heavy atom. The Balaban J connectivity index is 3.07. The molecule has 0 heterocycles. The number of hydrogen-bond donors (Lipinski definition) is 0. The standard InChI is InChI=1S/C14H17NO6/c1-20-11-5-3-10(4-6-11)12(7-8-16)13(15(18)19)9-14(17)21-2/h3-6,8,12-13H,7,9H2,1-2H3/t12-,13-/m1/s1. The highest BCUT2D eigenvalue weighted by atomic mass is 16.6. The Morgan fingerprint density at radius 1 is 1.33 bits per heavy atom. The molecule has 114 valence electrons. The fourth-order valence-corrected chi connectivity index (χ4v) is 2.09. The molecule has 7 nitrogen and oxygen atoms in total. The number of nitrogens with zero attached hydrogens (tertiary/aromatic N) is 1. The Labute approximate surface area is 122 Å². The fourth-order valence-electron chi connectivity index (χ4n) is 2.09. The van der Waals surface area contributed by atoms with E-state index in [4.69, 9.17) is 4.74 Å². The number of methoxy groups -OCH3 is 2. The number of benzene rings is 1. The zero-order valence-electron chi connectivity index (χ0n) is 11.9. The van der Waals surface area contributed by atoms with Crippen LogP contribution in [0.15, 0.2) is 24.3 Å². The lowest BCUT2D eigenvalue weighted by Crippen LogP contribution is -2.31. The molecule has 0 aliphatic heterocycles. The van der Waals surface area contributed by atoms with Crippen molar-refractivity contribution in [1.29, 1.82) is 0 Å². The van der Waals surface area contributed by atoms with Crippen molar-refractivity contribution in [1.82, 2.24) is 0 Å². The third kappa shape index (κ3) is 4.55. The lowest BCUT2D eigenvalue weighted by atomic mass is 9.87. The lowest BCUT2D eigenvalue weighted by molar-refractivity contribution is -0.525. The van der Waals surface area contributed by atoms with Crippen LogP contribution in [0.3, 0.4) is 0 Å². The van der Waals surface area contributed by atoms with Crippen molar-refractivity contribution in [3.63, 3.8) is 0 Å². The lowest BCUT2D eigenvalue weighted by Gasteiger charge is -2.19. The minimum absolute atomic E-state index is 0.0467. The van der Waals surface area contributed by atoms with Gasteiger partial charge in [-0.1, -0.05) is 12.1 Å². The van der Waals surface area contributed by atoms with E-state index in [0.29, 0.717) is 17.6 Å². The maximum Gasteiger partial charge on any atom is 0.312 e. The number of aldehydes is 1. The summed E-state index contributed by atoms with van der Waals surface area (Å²) in [6.45, 7) is 0. The van der Waals surface area contributed by atoms with Crippen LogP contribution in [0.2, 0.25) is 0 Å². The van der Waals surface area contributed by atoms with Crippen molar-refractivity contribution >= 4 is 12.3 Å². The van der Waals surface area contributed by atoms with Crippen LogP contribution in [-0.2, 0) is 14.3 Å². The van der Waals surface area contributed by atoms with Gasteiger partial charge >= 0.3 is 5.97 Å². The molecule has 0 spiro atoms. The van der Waals surface area contributed by atoms with Crippen LogP contribution >= 0.6 is 0 Å². The predicted octanol–water partition coefficient (Wildman–Crippen LogP) is 1.58. The van der Waals surface area contributed by atoms with E-state index in [9.17, 15) is 19.7 Å². The van der Waals surface area contributed by atoms with Crippen LogP contribution in [0, 0.1) is 10.1 Å². The molecule has 1 aromatic rings. The summed E-state index contributed by atoms with van der Waals surface area (Å²) in [5, 5.41) is 11.2. The minimum Gasteiger partial charge on any atom is -0.497 e. The van der Waals surface area contributed by atoms with Crippen molar-refractivity contribution in [2.45, 2.75) is 24.8 Å². The van der Waals surface area contributed by atoms with Gasteiger partial charge in [0.1, 0.15) is 18.5 Å². The minimum atomic E-state index is -1.21. The first-order chi connectivity index (χ1) is 10.0. The zero-order valence-corrected chi connectivity index (χ0v) is 11.9. The molecular formula is C14H17NO6. The van der Waals surface area contributed by atoms with Crippen LogP contribution < -0.4 is 4.74 Å². The largest absolute Gasteiger partial charge is 0.497 e. The van der Waals surface area contributed by atoms with E-state index in [2.05, 4.69) is 4.74 Å². The summed E-state index contributed by atoms with van der Waals surface area (Å²) >= 11 is 0. The number of carbonyl (C=O) groups is 2. The molecule has 0 aromatic heterocycles. The third-order valence-electron chi connectivity index (χ3n) is 3.23. The average Bonchev–Trinajstić information content (AvgIpc) is 2.50. The molecule has 0 N–H and O–H groups in total.